The lowest BCUT2D eigenvalue weighted by Crippen LogP contribution is -2.40. The number of thiophene rings is 1. The van der Waals surface area contributed by atoms with Crippen LogP contribution in [0, 0.1) is 12.7 Å². The molecule has 1 aromatic heterocycles. The highest BCUT2D eigenvalue weighted by Crippen LogP contribution is 2.22. The number of aryl methyl sites for hydroxylation is 1. The van der Waals surface area contributed by atoms with Crippen LogP contribution in [0.5, 0.6) is 0 Å². The second-order valence-corrected chi connectivity index (χ2v) is 5.86. The van der Waals surface area contributed by atoms with Gasteiger partial charge in [-0.25, -0.2) is 9.18 Å². The number of anilines is 1. The first-order valence-corrected chi connectivity index (χ1v) is 7.39. The van der Waals surface area contributed by atoms with Gasteiger partial charge in [0.05, 0.1) is 12.2 Å². The first kappa shape index (κ1) is 15.5. The van der Waals surface area contributed by atoms with Crippen molar-refractivity contribution in [3.63, 3.8) is 0 Å². The van der Waals surface area contributed by atoms with Crippen molar-refractivity contribution in [2.75, 3.05) is 11.9 Å². The average molecular weight is 308 g/mol. The van der Waals surface area contributed by atoms with Crippen LogP contribution in [0.15, 0.2) is 35.0 Å². The highest BCUT2D eigenvalue weighted by atomic mass is 32.1. The Morgan fingerprint density at radius 3 is 2.86 bits per heavy atom. The predicted molar refractivity (Wildman–Crippen MR) is 82.0 cm³/mol. The van der Waals surface area contributed by atoms with E-state index < -0.39 is 17.4 Å². The minimum absolute atomic E-state index is 0.0308. The van der Waals surface area contributed by atoms with Gasteiger partial charge in [0, 0.05) is 0 Å². The van der Waals surface area contributed by atoms with Gasteiger partial charge in [-0.2, -0.15) is 11.3 Å². The van der Waals surface area contributed by atoms with E-state index in [0.29, 0.717) is 0 Å². The number of hydrogen-bond donors (Lipinski definition) is 3. The van der Waals surface area contributed by atoms with Crippen LogP contribution in [0.25, 0.3) is 0 Å². The molecule has 1 heterocycles. The fourth-order valence-corrected chi connectivity index (χ4v) is 2.61. The molecule has 0 fully saturated rings. The van der Waals surface area contributed by atoms with Gasteiger partial charge in [0.2, 0.25) is 0 Å². The van der Waals surface area contributed by atoms with Crippen molar-refractivity contribution in [2.45, 2.75) is 19.4 Å². The Kier molecular flexibility index (Phi) is 4.59. The summed E-state index contributed by atoms with van der Waals surface area (Å²) in [6.45, 7) is 3.45. The van der Waals surface area contributed by atoms with E-state index in [2.05, 4.69) is 10.6 Å². The number of carbonyl (C=O) groups is 1. The standard InChI is InChI=1S/C15H17FN2O2S/c1-10-3-4-12(16)13(7-10)18-14(19)17-9-15(2,20)11-5-6-21-8-11/h3-8,20H,9H2,1-2H3,(H2,17,18,19). The molecule has 1 aromatic carbocycles. The van der Waals surface area contributed by atoms with Crippen molar-refractivity contribution in [1.82, 2.24) is 5.32 Å². The highest BCUT2D eigenvalue weighted by molar-refractivity contribution is 7.08. The smallest absolute Gasteiger partial charge is 0.319 e. The Labute approximate surface area is 126 Å². The lowest BCUT2D eigenvalue weighted by molar-refractivity contribution is 0.0604. The summed E-state index contributed by atoms with van der Waals surface area (Å²) < 4.78 is 13.5. The first-order valence-electron chi connectivity index (χ1n) is 6.44. The molecule has 0 saturated heterocycles. The van der Waals surface area contributed by atoms with Crippen LogP contribution in [0.1, 0.15) is 18.1 Å². The molecule has 112 valence electrons. The summed E-state index contributed by atoms with van der Waals surface area (Å²) in [5.74, 6) is -0.500. The zero-order valence-electron chi connectivity index (χ0n) is 11.8. The summed E-state index contributed by atoms with van der Waals surface area (Å²) in [6.07, 6.45) is 0. The molecule has 0 aliphatic carbocycles. The summed E-state index contributed by atoms with van der Waals surface area (Å²) >= 11 is 1.47. The molecule has 0 spiro atoms. The van der Waals surface area contributed by atoms with Gasteiger partial charge >= 0.3 is 6.03 Å². The van der Waals surface area contributed by atoms with Crippen molar-refractivity contribution in [3.05, 3.63) is 52.0 Å². The van der Waals surface area contributed by atoms with Crippen LogP contribution in [-0.2, 0) is 5.60 Å². The number of rotatable bonds is 4. The van der Waals surface area contributed by atoms with Crippen LogP contribution in [-0.4, -0.2) is 17.7 Å². The van der Waals surface area contributed by atoms with E-state index in [1.807, 2.05) is 17.7 Å². The molecule has 21 heavy (non-hydrogen) atoms. The van der Waals surface area contributed by atoms with Crippen molar-refractivity contribution in [2.24, 2.45) is 0 Å². The molecule has 3 N–H and O–H groups in total. The Bertz CT molecular complexity index is 627. The lowest BCUT2D eigenvalue weighted by Gasteiger charge is -2.23. The fourth-order valence-electron chi connectivity index (χ4n) is 1.83. The third kappa shape index (κ3) is 4.03. The van der Waals surface area contributed by atoms with Gasteiger partial charge < -0.3 is 15.7 Å². The fraction of sp³-hybridized carbons (Fsp3) is 0.267. The molecule has 4 nitrogen and oxygen atoms in total. The monoisotopic (exact) mass is 308 g/mol. The van der Waals surface area contributed by atoms with Crippen LogP contribution >= 0.6 is 11.3 Å². The molecule has 0 aliphatic heterocycles. The number of benzene rings is 1. The van der Waals surface area contributed by atoms with Gasteiger partial charge in [-0.05, 0) is 53.9 Å². The second-order valence-electron chi connectivity index (χ2n) is 5.08. The van der Waals surface area contributed by atoms with Crippen molar-refractivity contribution < 1.29 is 14.3 Å². The number of aliphatic hydroxyl groups is 1. The molecule has 1 atom stereocenters. The number of amides is 2. The van der Waals surface area contributed by atoms with Gasteiger partial charge in [0.1, 0.15) is 11.4 Å². The quantitative estimate of drug-likeness (QED) is 0.812. The summed E-state index contributed by atoms with van der Waals surface area (Å²) in [4.78, 5) is 11.8. The molecule has 1 unspecified atom stereocenters. The van der Waals surface area contributed by atoms with E-state index in [1.54, 1.807) is 25.1 Å². The summed E-state index contributed by atoms with van der Waals surface area (Å²) in [6, 6.07) is 5.71. The summed E-state index contributed by atoms with van der Waals surface area (Å²) in [5.41, 5.74) is 0.525. The van der Waals surface area contributed by atoms with Crippen LogP contribution in [0.4, 0.5) is 14.9 Å². The SMILES string of the molecule is Cc1ccc(F)c(NC(=O)NCC(C)(O)c2ccsc2)c1. The van der Waals surface area contributed by atoms with Crippen LogP contribution in [0.3, 0.4) is 0 Å². The molecule has 0 bridgehead atoms. The van der Waals surface area contributed by atoms with Crippen LogP contribution < -0.4 is 10.6 Å². The normalized spacial score (nSPS) is 13.5. The minimum Gasteiger partial charge on any atom is -0.384 e. The predicted octanol–water partition coefficient (Wildman–Crippen LogP) is 3.22. The second kappa shape index (κ2) is 6.24. The van der Waals surface area contributed by atoms with Gasteiger partial charge in [-0.3, -0.25) is 0 Å². The van der Waals surface area contributed by atoms with Crippen molar-refractivity contribution in [3.8, 4) is 0 Å². The average Bonchev–Trinajstić information content (AvgIpc) is 2.96. The number of hydrogen-bond acceptors (Lipinski definition) is 3. The maximum Gasteiger partial charge on any atom is 0.319 e. The molecule has 0 saturated carbocycles. The summed E-state index contributed by atoms with van der Waals surface area (Å²) in [7, 11) is 0. The number of halogens is 1. The molecule has 6 heteroatoms. The molecule has 0 aliphatic rings. The molecular weight excluding hydrogens is 291 g/mol. The Hall–Kier alpha value is -1.92. The van der Waals surface area contributed by atoms with E-state index in [1.165, 1.54) is 17.4 Å². The molecular formula is C15H17FN2O2S. The van der Waals surface area contributed by atoms with E-state index in [9.17, 15) is 14.3 Å². The summed E-state index contributed by atoms with van der Waals surface area (Å²) in [5, 5.41) is 18.9. The molecule has 2 amide bonds. The Balaban J connectivity index is 1.95. The number of nitrogens with one attached hydrogen (secondary N) is 2. The maximum absolute atomic E-state index is 13.5. The zero-order chi connectivity index (χ0) is 15.5. The van der Waals surface area contributed by atoms with E-state index in [-0.39, 0.29) is 12.2 Å². The van der Waals surface area contributed by atoms with E-state index >= 15 is 0 Å². The third-order valence-corrected chi connectivity index (χ3v) is 3.79. The third-order valence-electron chi connectivity index (χ3n) is 3.11. The van der Waals surface area contributed by atoms with Gasteiger partial charge in [-0.1, -0.05) is 6.07 Å². The topological polar surface area (TPSA) is 61.4 Å². The Morgan fingerprint density at radius 2 is 2.19 bits per heavy atom. The van der Waals surface area contributed by atoms with E-state index in [4.69, 9.17) is 0 Å². The molecule has 0 radical (unpaired) electrons. The highest BCUT2D eigenvalue weighted by Gasteiger charge is 2.24. The van der Waals surface area contributed by atoms with Crippen LogP contribution in [0.2, 0.25) is 0 Å². The molecule has 2 rings (SSSR count). The van der Waals surface area contributed by atoms with Crippen molar-refractivity contribution in [1.29, 1.82) is 0 Å². The number of urea groups is 1. The van der Waals surface area contributed by atoms with E-state index in [0.717, 1.165) is 11.1 Å². The zero-order valence-corrected chi connectivity index (χ0v) is 12.6. The van der Waals surface area contributed by atoms with Gasteiger partial charge in [0.15, 0.2) is 0 Å². The minimum atomic E-state index is -1.16. The Morgan fingerprint density at radius 1 is 1.43 bits per heavy atom. The van der Waals surface area contributed by atoms with Gasteiger partial charge in [-0.15, -0.1) is 0 Å². The van der Waals surface area contributed by atoms with Crippen molar-refractivity contribution >= 4 is 23.1 Å². The van der Waals surface area contributed by atoms with Gasteiger partial charge in [0.25, 0.3) is 0 Å². The molecule has 2 aromatic rings. The lowest BCUT2D eigenvalue weighted by atomic mass is 9.99. The first-order chi connectivity index (χ1) is 9.88. The maximum atomic E-state index is 13.5. The largest absolute Gasteiger partial charge is 0.384 e. The number of carbonyl (C=O) groups excluding carboxylic acids is 1.